The molecule has 1 aliphatic heterocycles. The van der Waals surface area contributed by atoms with Crippen LogP contribution in [0.1, 0.15) is 62.6 Å². The molecule has 2 aliphatic rings. The molecule has 1 fully saturated rings. The standard InChI is InChI=1S/C17H23NO3/c1-11-9-12(19)10-13-14(11)16(2,3)18(15(20)21)17(13)7-5-4-6-8-17/h9-10,19H,4-8H2,1-3H3,(H,20,21). The van der Waals surface area contributed by atoms with Crippen molar-refractivity contribution in [1.82, 2.24) is 4.90 Å². The number of carboxylic acid groups (broad SMARTS) is 1. The Morgan fingerprint density at radius 2 is 1.81 bits per heavy atom. The molecule has 0 aromatic heterocycles. The highest BCUT2D eigenvalue weighted by Gasteiger charge is 2.57. The Labute approximate surface area is 125 Å². The van der Waals surface area contributed by atoms with Crippen LogP contribution in [0.2, 0.25) is 0 Å². The number of hydrogen-bond acceptors (Lipinski definition) is 2. The molecular formula is C17H23NO3. The lowest BCUT2D eigenvalue weighted by molar-refractivity contribution is 0.00486. The van der Waals surface area contributed by atoms with E-state index in [1.54, 1.807) is 17.0 Å². The number of phenolic OH excluding ortho intramolecular Hbond substituents is 1. The molecule has 0 atom stereocenters. The fourth-order valence-electron chi connectivity index (χ4n) is 4.77. The first-order valence-electron chi connectivity index (χ1n) is 7.68. The quantitative estimate of drug-likeness (QED) is 0.756. The highest BCUT2D eigenvalue weighted by molar-refractivity contribution is 5.72. The molecule has 0 radical (unpaired) electrons. The van der Waals surface area contributed by atoms with Crippen LogP contribution in [0.15, 0.2) is 12.1 Å². The van der Waals surface area contributed by atoms with Crippen molar-refractivity contribution in [2.24, 2.45) is 0 Å². The summed E-state index contributed by atoms with van der Waals surface area (Å²) in [6.45, 7) is 5.92. The van der Waals surface area contributed by atoms with Crippen molar-refractivity contribution in [3.05, 3.63) is 28.8 Å². The zero-order valence-corrected chi connectivity index (χ0v) is 12.9. The molecule has 1 amide bonds. The predicted octanol–water partition coefficient (Wildman–Crippen LogP) is 4.09. The fraction of sp³-hybridized carbons (Fsp3) is 0.588. The number of rotatable bonds is 0. The van der Waals surface area contributed by atoms with Crippen LogP contribution in [0.25, 0.3) is 0 Å². The third-order valence-corrected chi connectivity index (χ3v) is 5.29. The van der Waals surface area contributed by atoms with Gasteiger partial charge in [0.25, 0.3) is 0 Å². The van der Waals surface area contributed by atoms with Gasteiger partial charge < -0.3 is 10.2 Å². The number of nitrogens with zero attached hydrogens (tertiary/aromatic N) is 1. The molecule has 4 nitrogen and oxygen atoms in total. The smallest absolute Gasteiger partial charge is 0.408 e. The zero-order valence-electron chi connectivity index (χ0n) is 12.9. The van der Waals surface area contributed by atoms with E-state index >= 15 is 0 Å². The molecule has 0 unspecified atom stereocenters. The number of hydrogen-bond donors (Lipinski definition) is 2. The van der Waals surface area contributed by atoms with Crippen molar-refractivity contribution in [3.8, 4) is 5.75 Å². The van der Waals surface area contributed by atoms with Gasteiger partial charge in [0, 0.05) is 0 Å². The molecule has 1 spiro atoms. The summed E-state index contributed by atoms with van der Waals surface area (Å²) in [5.41, 5.74) is 2.04. The Kier molecular flexibility index (Phi) is 2.98. The lowest BCUT2D eigenvalue weighted by Crippen LogP contribution is -2.52. The number of amides is 1. The topological polar surface area (TPSA) is 60.8 Å². The Morgan fingerprint density at radius 1 is 1.19 bits per heavy atom. The molecule has 1 heterocycles. The highest BCUT2D eigenvalue weighted by atomic mass is 16.4. The van der Waals surface area contributed by atoms with E-state index in [2.05, 4.69) is 0 Å². The van der Waals surface area contributed by atoms with Crippen LogP contribution < -0.4 is 0 Å². The Balaban J connectivity index is 2.31. The summed E-state index contributed by atoms with van der Waals surface area (Å²) in [6, 6.07) is 3.53. The van der Waals surface area contributed by atoms with Gasteiger partial charge in [-0.2, -0.15) is 0 Å². The maximum absolute atomic E-state index is 12.0. The molecule has 4 heteroatoms. The Hall–Kier alpha value is -1.71. The summed E-state index contributed by atoms with van der Waals surface area (Å²) in [4.78, 5) is 13.7. The minimum absolute atomic E-state index is 0.235. The second-order valence-corrected chi connectivity index (χ2v) is 6.95. The lowest BCUT2D eigenvalue weighted by atomic mass is 9.76. The minimum Gasteiger partial charge on any atom is -0.508 e. The van der Waals surface area contributed by atoms with Crippen molar-refractivity contribution in [1.29, 1.82) is 0 Å². The largest absolute Gasteiger partial charge is 0.508 e. The van der Waals surface area contributed by atoms with Crippen LogP contribution in [0.4, 0.5) is 4.79 Å². The molecule has 114 valence electrons. The van der Waals surface area contributed by atoms with Crippen molar-refractivity contribution in [2.75, 3.05) is 0 Å². The van der Waals surface area contributed by atoms with Gasteiger partial charge >= 0.3 is 6.09 Å². The summed E-state index contributed by atoms with van der Waals surface area (Å²) in [5, 5.41) is 19.9. The second kappa shape index (κ2) is 4.39. The van der Waals surface area contributed by atoms with Crippen molar-refractivity contribution < 1.29 is 15.0 Å². The predicted molar refractivity (Wildman–Crippen MR) is 80.5 cm³/mol. The SMILES string of the molecule is Cc1cc(O)cc2c1C(C)(C)N(C(=O)O)C21CCCCC1. The number of carbonyl (C=O) groups is 1. The Morgan fingerprint density at radius 3 is 2.38 bits per heavy atom. The normalized spacial score (nSPS) is 22.3. The van der Waals surface area contributed by atoms with Crippen LogP contribution in [0.3, 0.4) is 0 Å². The summed E-state index contributed by atoms with van der Waals surface area (Å²) >= 11 is 0. The van der Waals surface area contributed by atoms with Gasteiger partial charge in [-0.3, -0.25) is 4.90 Å². The molecule has 21 heavy (non-hydrogen) atoms. The van der Waals surface area contributed by atoms with E-state index in [1.807, 2.05) is 20.8 Å². The molecule has 3 rings (SSSR count). The van der Waals surface area contributed by atoms with Gasteiger partial charge in [-0.15, -0.1) is 0 Å². The molecule has 0 bridgehead atoms. The first kappa shape index (κ1) is 14.2. The zero-order chi connectivity index (χ0) is 15.4. The van der Waals surface area contributed by atoms with Crippen LogP contribution in [-0.2, 0) is 11.1 Å². The van der Waals surface area contributed by atoms with Gasteiger partial charge in [0.2, 0.25) is 0 Å². The maximum Gasteiger partial charge on any atom is 0.408 e. The fourth-order valence-corrected chi connectivity index (χ4v) is 4.77. The van der Waals surface area contributed by atoms with E-state index in [1.165, 1.54) is 0 Å². The summed E-state index contributed by atoms with van der Waals surface area (Å²) in [5.74, 6) is 0.235. The van der Waals surface area contributed by atoms with E-state index < -0.39 is 17.2 Å². The van der Waals surface area contributed by atoms with Gasteiger partial charge in [0.05, 0.1) is 11.1 Å². The lowest BCUT2D eigenvalue weighted by Gasteiger charge is -2.45. The van der Waals surface area contributed by atoms with E-state index in [9.17, 15) is 15.0 Å². The number of phenols is 1. The number of fused-ring (bicyclic) bond motifs is 2. The monoisotopic (exact) mass is 289 g/mol. The number of aryl methyl sites for hydroxylation is 1. The van der Waals surface area contributed by atoms with E-state index in [-0.39, 0.29) is 5.75 Å². The van der Waals surface area contributed by atoms with E-state index in [0.29, 0.717) is 0 Å². The van der Waals surface area contributed by atoms with Gasteiger partial charge in [-0.1, -0.05) is 19.3 Å². The molecule has 1 saturated carbocycles. The molecule has 0 saturated heterocycles. The van der Waals surface area contributed by atoms with Gasteiger partial charge in [-0.05, 0) is 62.4 Å². The Bertz CT molecular complexity index is 600. The van der Waals surface area contributed by atoms with Crippen LogP contribution in [0.5, 0.6) is 5.75 Å². The third-order valence-electron chi connectivity index (χ3n) is 5.29. The number of benzene rings is 1. The van der Waals surface area contributed by atoms with E-state index in [0.717, 1.165) is 48.8 Å². The summed E-state index contributed by atoms with van der Waals surface area (Å²) in [6.07, 6.45) is 4.05. The summed E-state index contributed by atoms with van der Waals surface area (Å²) in [7, 11) is 0. The van der Waals surface area contributed by atoms with Crippen LogP contribution >= 0.6 is 0 Å². The van der Waals surface area contributed by atoms with Crippen molar-refractivity contribution >= 4 is 6.09 Å². The third kappa shape index (κ3) is 1.78. The van der Waals surface area contributed by atoms with Crippen LogP contribution in [0, 0.1) is 6.92 Å². The van der Waals surface area contributed by atoms with Gasteiger partial charge in [0.1, 0.15) is 5.75 Å². The molecule has 2 N–H and O–H groups in total. The molecule has 1 aromatic carbocycles. The van der Waals surface area contributed by atoms with Crippen LogP contribution in [-0.4, -0.2) is 21.2 Å². The summed E-state index contributed by atoms with van der Waals surface area (Å²) < 4.78 is 0. The van der Waals surface area contributed by atoms with Crippen molar-refractivity contribution in [2.45, 2.75) is 64.0 Å². The highest BCUT2D eigenvalue weighted by Crippen LogP contribution is 2.57. The van der Waals surface area contributed by atoms with Gasteiger partial charge in [-0.25, -0.2) is 4.79 Å². The maximum atomic E-state index is 12.0. The molecular weight excluding hydrogens is 266 g/mol. The average molecular weight is 289 g/mol. The second-order valence-electron chi connectivity index (χ2n) is 6.95. The number of aromatic hydroxyl groups is 1. The first-order chi connectivity index (χ1) is 9.80. The molecule has 1 aliphatic carbocycles. The molecule has 1 aromatic rings. The van der Waals surface area contributed by atoms with E-state index in [4.69, 9.17) is 0 Å². The minimum atomic E-state index is -0.864. The first-order valence-corrected chi connectivity index (χ1v) is 7.68. The van der Waals surface area contributed by atoms with Gasteiger partial charge in [0.15, 0.2) is 0 Å². The average Bonchev–Trinajstić information content (AvgIpc) is 2.55. The van der Waals surface area contributed by atoms with Crippen molar-refractivity contribution in [3.63, 3.8) is 0 Å².